The Hall–Kier alpha value is -2.40. The Balaban J connectivity index is 1.97. The Bertz CT molecular complexity index is 672. The highest BCUT2D eigenvalue weighted by atomic mass is 32.1. The van der Waals surface area contributed by atoms with Crippen molar-refractivity contribution >= 4 is 28.9 Å². The van der Waals surface area contributed by atoms with Gasteiger partial charge in [0, 0.05) is 16.6 Å². The topological polar surface area (TPSA) is 55.4 Å². The van der Waals surface area contributed by atoms with Gasteiger partial charge in [0.25, 0.3) is 5.91 Å². The van der Waals surface area contributed by atoms with Crippen molar-refractivity contribution < 1.29 is 14.3 Å². The Kier molecular flexibility index (Phi) is 5.49. The minimum absolute atomic E-state index is 0.160. The smallest absolute Gasteiger partial charge is 0.338 e. The molecular weight excluding hydrogens is 298 g/mol. The van der Waals surface area contributed by atoms with Gasteiger partial charge in [-0.2, -0.15) is 11.3 Å². The molecule has 4 nitrogen and oxygen atoms in total. The maximum atomic E-state index is 11.9. The molecule has 0 saturated carbocycles. The fourth-order valence-electron chi connectivity index (χ4n) is 1.78. The number of hydrogen-bond donors (Lipinski definition) is 1. The fraction of sp³-hybridized carbons (Fsp3) is 0.176. The van der Waals surface area contributed by atoms with Gasteiger partial charge in [0.15, 0.2) is 0 Å². The molecule has 0 fully saturated rings. The predicted molar refractivity (Wildman–Crippen MR) is 88.4 cm³/mol. The van der Waals surface area contributed by atoms with Crippen LogP contribution in [-0.2, 0) is 4.79 Å². The van der Waals surface area contributed by atoms with Crippen molar-refractivity contribution in [3.63, 3.8) is 0 Å². The zero-order valence-corrected chi connectivity index (χ0v) is 13.3. The number of nitrogens with one attached hydrogen (secondary N) is 1. The molecule has 0 aliphatic carbocycles. The number of carbonyl (C=O) groups excluding carboxylic acids is 2. The molecule has 0 saturated heterocycles. The van der Waals surface area contributed by atoms with Crippen LogP contribution in [0.1, 0.15) is 30.6 Å². The molecule has 2 rings (SSSR count). The number of anilines is 1. The molecule has 0 bridgehead atoms. The number of esters is 1. The molecule has 1 aromatic carbocycles. The quantitative estimate of drug-likeness (QED) is 0.509. The minimum Gasteiger partial charge on any atom is -0.423 e. The highest BCUT2D eigenvalue weighted by Gasteiger charge is 2.08. The SMILES string of the molecule is CC/C=C(/C)C(=O)Oc1ccc(NC(=O)c2ccsc2)cc1. The molecule has 1 aromatic heterocycles. The van der Waals surface area contributed by atoms with Gasteiger partial charge in [-0.15, -0.1) is 0 Å². The van der Waals surface area contributed by atoms with E-state index in [4.69, 9.17) is 4.74 Å². The van der Waals surface area contributed by atoms with Crippen LogP contribution >= 0.6 is 11.3 Å². The summed E-state index contributed by atoms with van der Waals surface area (Å²) in [4.78, 5) is 23.7. The van der Waals surface area contributed by atoms with Crippen LogP contribution in [0.2, 0.25) is 0 Å². The molecule has 5 heteroatoms. The Morgan fingerprint density at radius 3 is 2.55 bits per heavy atom. The lowest BCUT2D eigenvalue weighted by molar-refractivity contribution is -0.130. The van der Waals surface area contributed by atoms with E-state index in [1.54, 1.807) is 42.6 Å². The lowest BCUT2D eigenvalue weighted by atomic mass is 10.2. The lowest BCUT2D eigenvalue weighted by Crippen LogP contribution is -2.11. The monoisotopic (exact) mass is 315 g/mol. The molecule has 114 valence electrons. The standard InChI is InChI=1S/C17H17NO3S/c1-3-4-12(2)17(20)21-15-7-5-14(6-8-15)18-16(19)13-9-10-22-11-13/h4-11H,3H2,1-2H3,(H,18,19)/b12-4-. The average molecular weight is 315 g/mol. The second kappa shape index (κ2) is 7.56. The highest BCUT2D eigenvalue weighted by molar-refractivity contribution is 7.08. The largest absolute Gasteiger partial charge is 0.423 e. The van der Waals surface area contributed by atoms with Crippen molar-refractivity contribution in [3.05, 3.63) is 58.3 Å². The van der Waals surface area contributed by atoms with Crippen LogP contribution in [0.4, 0.5) is 5.69 Å². The third-order valence-electron chi connectivity index (χ3n) is 2.94. The van der Waals surface area contributed by atoms with Crippen LogP contribution in [0.5, 0.6) is 5.75 Å². The molecule has 0 atom stereocenters. The Labute approximate surface area is 133 Å². The molecule has 0 aliphatic heterocycles. The fourth-order valence-corrected chi connectivity index (χ4v) is 2.42. The summed E-state index contributed by atoms with van der Waals surface area (Å²) < 4.78 is 5.24. The lowest BCUT2D eigenvalue weighted by Gasteiger charge is -2.07. The van der Waals surface area contributed by atoms with Crippen LogP contribution in [0.3, 0.4) is 0 Å². The number of hydrogen-bond acceptors (Lipinski definition) is 4. The van der Waals surface area contributed by atoms with Gasteiger partial charge in [-0.1, -0.05) is 13.0 Å². The maximum Gasteiger partial charge on any atom is 0.338 e. The van der Waals surface area contributed by atoms with Gasteiger partial charge in [-0.3, -0.25) is 4.79 Å². The highest BCUT2D eigenvalue weighted by Crippen LogP contribution is 2.18. The number of ether oxygens (including phenoxy) is 1. The van der Waals surface area contributed by atoms with Crippen LogP contribution in [0.25, 0.3) is 0 Å². The number of carbonyl (C=O) groups is 2. The number of rotatable bonds is 5. The molecule has 0 radical (unpaired) electrons. The first kappa shape index (κ1) is 16.0. The van der Waals surface area contributed by atoms with Crippen LogP contribution in [0, 0.1) is 0 Å². The normalized spacial score (nSPS) is 11.1. The predicted octanol–water partition coefficient (Wildman–Crippen LogP) is 4.26. The second-order valence-electron chi connectivity index (χ2n) is 4.68. The summed E-state index contributed by atoms with van der Waals surface area (Å²) in [7, 11) is 0. The van der Waals surface area contributed by atoms with E-state index in [0.29, 0.717) is 22.6 Å². The van der Waals surface area contributed by atoms with E-state index in [2.05, 4.69) is 5.32 Å². The van der Waals surface area contributed by atoms with E-state index < -0.39 is 0 Å². The van der Waals surface area contributed by atoms with Gasteiger partial charge in [-0.05, 0) is 49.1 Å². The number of benzene rings is 1. The van der Waals surface area contributed by atoms with Gasteiger partial charge < -0.3 is 10.1 Å². The number of amides is 1. The molecular formula is C17H17NO3S. The first-order valence-electron chi connectivity index (χ1n) is 6.92. The molecule has 0 spiro atoms. The third-order valence-corrected chi connectivity index (χ3v) is 3.62. The molecule has 0 unspecified atom stereocenters. The minimum atomic E-state index is -0.364. The van der Waals surface area contributed by atoms with Gasteiger partial charge >= 0.3 is 5.97 Å². The van der Waals surface area contributed by atoms with Crippen LogP contribution in [-0.4, -0.2) is 11.9 Å². The summed E-state index contributed by atoms with van der Waals surface area (Å²) >= 11 is 1.47. The van der Waals surface area contributed by atoms with Crippen LogP contribution < -0.4 is 10.1 Å². The molecule has 0 aliphatic rings. The van der Waals surface area contributed by atoms with Gasteiger partial charge in [0.2, 0.25) is 0 Å². The second-order valence-corrected chi connectivity index (χ2v) is 5.46. The summed E-state index contributed by atoms with van der Waals surface area (Å²) in [5.74, 6) is -0.0768. The van der Waals surface area contributed by atoms with Crippen molar-refractivity contribution in [2.24, 2.45) is 0 Å². The molecule has 1 N–H and O–H groups in total. The van der Waals surface area contributed by atoms with Gasteiger partial charge in [-0.25, -0.2) is 4.79 Å². The number of allylic oxidation sites excluding steroid dienone is 1. The van der Waals surface area contributed by atoms with E-state index >= 15 is 0 Å². The molecule has 22 heavy (non-hydrogen) atoms. The molecule has 2 aromatic rings. The van der Waals surface area contributed by atoms with Gasteiger partial charge in [0.05, 0.1) is 5.56 Å². The van der Waals surface area contributed by atoms with Gasteiger partial charge in [0.1, 0.15) is 5.75 Å². The Morgan fingerprint density at radius 2 is 1.95 bits per heavy atom. The van der Waals surface area contributed by atoms with Crippen molar-refractivity contribution in [3.8, 4) is 5.75 Å². The first-order chi connectivity index (χ1) is 10.6. The summed E-state index contributed by atoms with van der Waals surface area (Å²) in [6, 6.07) is 8.47. The van der Waals surface area contributed by atoms with Crippen molar-refractivity contribution in [1.82, 2.24) is 0 Å². The Morgan fingerprint density at radius 1 is 1.23 bits per heavy atom. The van der Waals surface area contributed by atoms with Crippen LogP contribution in [0.15, 0.2) is 52.7 Å². The average Bonchev–Trinajstić information content (AvgIpc) is 3.04. The van der Waals surface area contributed by atoms with E-state index in [-0.39, 0.29) is 11.9 Å². The van der Waals surface area contributed by atoms with E-state index in [1.165, 1.54) is 11.3 Å². The van der Waals surface area contributed by atoms with Crippen molar-refractivity contribution in [2.75, 3.05) is 5.32 Å². The molecule has 1 amide bonds. The van der Waals surface area contributed by atoms with Crippen molar-refractivity contribution in [1.29, 1.82) is 0 Å². The van der Waals surface area contributed by atoms with E-state index in [0.717, 1.165) is 6.42 Å². The summed E-state index contributed by atoms with van der Waals surface area (Å²) in [6.45, 7) is 3.68. The van der Waals surface area contributed by atoms with E-state index in [1.807, 2.05) is 18.4 Å². The van der Waals surface area contributed by atoms with E-state index in [9.17, 15) is 9.59 Å². The summed E-state index contributed by atoms with van der Waals surface area (Å²) in [5.41, 5.74) is 1.86. The summed E-state index contributed by atoms with van der Waals surface area (Å²) in [5, 5.41) is 6.42. The maximum absolute atomic E-state index is 11.9. The molecule has 1 heterocycles. The zero-order valence-electron chi connectivity index (χ0n) is 12.5. The third kappa shape index (κ3) is 4.30. The first-order valence-corrected chi connectivity index (χ1v) is 7.87. The summed E-state index contributed by atoms with van der Waals surface area (Å²) in [6.07, 6.45) is 2.60. The number of thiophene rings is 1. The zero-order chi connectivity index (χ0) is 15.9. The van der Waals surface area contributed by atoms with Crippen molar-refractivity contribution in [2.45, 2.75) is 20.3 Å².